The summed E-state index contributed by atoms with van der Waals surface area (Å²) < 4.78 is 7.56. The highest BCUT2D eigenvalue weighted by molar-refractivity contribution is 7.71. The van der Waals surface area contributed by atoms with E-state index in [2.05, 4.69) is 4.98 Å². The van der Waals surface area contributed by atoms with Crippen molar-refractivity contribution in [3.63, 3.8) is 0 Å². The second kappa shape index (κ2) is 4.95. The molecule has 0 bridgehead atoms. The molecule has 0 saturated carbocycles. The SMILES string of the molecule is O=c1c2ccsc2[nH]c(=S)n1CC1CCOCC1. The van der Waals surface area contributed by atoms with Crippen molar-refractivity contribution in [3.05, 3.63) is 26.6 Å². The van der Waals surface area contributed by atoms with Crippen molar-refractivity contribution in [1.82, 2.24) is 9.55 Å². The Kier molecular flexibility index (Phi) is 3.32. The van der Waals surface area contributed by atoms with Crippen molar-refractivity contribution in [2.75, 3.05) is 13.2 Å². The van der Waals surface area contributed by atoms with E-state index in [4.69, 9.17) is 17.0 Å². The van der Waals surface area contributed by atoms with E-state index in [1.54, 1.807) is 4.57 Å². The smallest absolute Gasteiger partial charge is 0.263 e. The van der Waals surface area contributed by atoms with Gasteiger partial charge in [-0.25, -0.2) is 0 Å². The zero-order valence-electron chi connectivity index (χ0n) is 9.85. The van der Waals surface area contributed by atoms with Crippen LogP contribution in [0.4, 0.5) is 0 Å². The Bertz CT molecular complexity index is 665. The number of nitrogens with one attached hydrogen (secondary N) is 1. The molecule has 1 saturated heterocycles. The highest BCUT2D eigenvalue weighted by atomic mass is 32.1. The largest absolute Gasteiger partial charge is 0.381 e. The van der Waals surface area contributed by atoms with E-state index in [0.717, 1.165) is 36.3 Å². The maximum Gasteiger partial charge on any atom is 0.263 e. The number of ether oxygens (including phenoxy) is 1. The molecule has 1 aliphatic rings. The lowest BCUT2D eigenvalue weighted by molar-refractivity contribution is 0.0608. The highest BCUT2D eigenvalue weighted by Crippen LogP contribution is 2.18. The van der Waals surface area contributed by atoms with E-state index < -0.39 is 0 Å². The van der Waals surface area contributed by atoms with Crippen molar-refractivity contribution >= 4 is 33.8 Å². The molecule has 0 unspecified atom stereocenters. The molecule has 0 atom stereocenters. The first-order valence-electron chi connectivity index (χ1n) is 6.04. The molecule has 2 aromatic heterocycles. The fraction of sp³-hybridized carbons (Fsp3) is 0.500. The number of aromatic nitrogens is 2. The molecule has 1 fully saturated rings. The van der Waals surface area contributed by atoms with Gasteiger partial charge in [0, 0.05) is 19.8 Å². The summed E-state index contributed by atoms with van der Waals surface area (Å²) >= 11 is 6.80. The minimum Gasteiger partial charge on any atom is -0.381 e. The zero-order valence-corrected chi connectivity index (χ0v) is 11.5. The third-order valence-electron chi connectivity index (χ3n) is 3.39. The van der Waals surface area contributed by atoms with Gasteiger partial charge >= 0.3 is 0 Å². The van der Waals surface area contributed by atoms with Gasteiger partial charge in [-0.15, -0.1) is 11.3 Å². The lowest BCUT2D eigenvalue weighted by Crippen LogP contribution is -2.28. The minimum absolute atomic E-state index is 0.0292. The lowest BCUT2D eigenvalue weighted by atomic mass is 10.0. The zero-order chi connectivity index (χ0) is 12.5. The summed E-state index contributed by atoms with van der Waals surface area (Å²) in [6, 6.07) is 1.86. The Morgan fingerprint density at radius 2 is 2.28 bits per heavy atom. The van der Waals surface area contributed by atoms with E-state index in [-0.39, 0.29) is 5.56 Å². The van der Waals surface area contributed by atoms with Gasteiger partial charge in [0.05, 0.1) is 5.39 Å². The number of hydrogen-bond donors (Lipinski definition) is 1. The Balaban J connectivity index is 2.00. The van der Waals surface area contributed by atoms with Crippen molar-refractivity contribution in [3.8, 4) is 0 Å². The molecule has 6 heteroatoms. The molecule has 0 radical (unpaired) electrons. The normalized spacial score (nSPS) is 17.3. The van der Waals surface area contributed by atoms with Crippen LogP contribution in [-0.2, 0) is 11.3 Å². The first-order valence-corrected chi connectivity index (χ1v) is 7.32. The molecule has 3 rings (SSSR count). The van der Waals surface area contributed by atoms with Gasteiger partial charge in [0.1, 0.15) is 4.83 Å². The van der Waals surface area contributed by atoms with Crippen LogP contribution < -0.4 is 5.56 Å². The molecular formula is C12H14N2O2S2. The summed E-state index contributed by atoms with van der Waals surface area (Å²) in [6.45, 7) is 2.27. The first kappa shape index (κ1) is 12.1. The lowest BCUT2D eigenvalue weighted by Gasteiger charge is -2.22. The molecule has 96 valence electrons. The fourth-order valence-corrected chi connectivity index (χ4v) is 3.43. The van der Waals surface area contributed by atoms with Gasteiger partial charge in [-0.2, -0.15) is 0 Å². The second-order valence-electron chi connectivity index (χ2n) is 4.57. The van der Waals surface area contributed by atoms with Gasteiger partial charge in [-0.05, 0) is 42.4 Å². The van der Waals surface area contributed by atoms with Crippen LogP contribution >= 0.6 is 23.6 Å². The molecule has 1 N–H and O–H groups in total. The fourth-order valence-electron chi connectivity index (χ4n) is 2.33. The summed E-state index contributed by atoms with van der Waals surface area (Å²) in [7, 11) is 0. The van der Waals surface area contributed by atoms with Crippen LogP contribution in [0.2, 0.25) is 0 Å². The molecule has 0 amide bonds. The summed E-state index contributed by atoms with van der Waals surface area (Å²) in [6.07, 6.45) is 2.01. The number of fused-ring (bicyclic) bond motifs is 1. The molecule has 0 spiro atoms. The van der Waals surface area contributed by atoms with Gasteiger partial charge in [-0.3, -0.25) is 9.36 Å². The van der Waals surface area contributed by atoms with Crippen LogP contribution in [0.1, 0.15) is 12.8 Å². The summed E-state index contributed by atoms with van der Waals surface area (Å²) in [4.78, 5) is 16.3. The maximum absolute atomic E-state index is 12.3. The van der Waals surface area contributed by atoms with Crippen molar-refractivity contribution in [1.29, 1.82) is 0 Å². The molecule has 3 heterocycles. The second-order valence-corrected chi connectivity index (χ2v) is 5.87. The third kappa shape index (κ3) is 2.15. The molecule has 18 heavy (non-hydrogen) atoms. The van der Waals surface area contributed by atoms with Crippen LogP contribution in [0.5, 0.6) is 0 Å². The van der Waals surface area contributed by atoms with Crippen molar-refractivity contribution in [2.45, 2.75) is 19.4 Å². The monoisotopic (exact) mass is 282 g/mol. The van der Waals surface area contributed by atoms with Gasteiger partial charge < -0.3 is 9.72 Å². The summed E-state index contributed by atoms with van der Waals surface area (Å²) in [5.41, 5.74) is 0.0292. The Morgan fingerprint density at radius 1 is 1.50 bits per heavy atom. The number of thiophene rings is 1. The van der Waals surface area contributed by atoms with Gasteiger partial charge in [0.15, 0.2) is 4.77 Å². The number of nitrogens with zero attached hydrogens (tertiary/aromatic N) is 1. The summed E-state index contributed by atoms with van der Waals surface area (Å²) in [5, 5.41) is 2.65. The Labute approximate surface area is 113 Å². The average molecular weight is 282 g/mol. The summed E-state index contributed by atoms with van der Waals surface area (Å²) in [5.74, 6) is 0.489. The third-order valence-corrected chi connectivity index (χ3v) is 4.54. The van der Waals surface area contributed by atoms with Gasteiger partial charge in [-0.1, -0.05) is 0 Å². The number of rotatable bonds is 2. The number of hydrogen-bond acceptors (Lipinski definition) is 4. The van der Waals surface area contributed by atoms with Crippen molar-refractivity contribution < 1.29 is 4.74 Å². The van der Waals surface area contributed by atoms with Gasteiger partial charge in [0.25, 0.3) is 5.56 Å². The van der Waals surface area contributed by atoms with Crippen LogP contribution in [0.3, 0.4) is 0 Å². The highest BCUT2D eigenvalue weighted by Gasteiger charge is 2.16. The van der Waals surface area contributed by atoms with E-state index in [1.165, 1.54) is 11.3 Å². The quantitative estimate of drug-likeness (QED) is 0.861. The van der Waals surface area contributed by atoms with E-state index >= 15 is 0 Å². The van der Waals surface area contributed by atoms with Crippen LogP contribution in [-0.4, -0.2) is 22.8 Å². The van der Waals surface area contributed by atoms with Gasteiger partial charge in [0.2, 0.25) is 0 Å². The minimum atomic E-state index is 0.0292. The van der Waals surface area contributed by atoms with Crippen molar-refractivity contribution in [2.24, 2.45) is 5.92 Å². The predicted octanol–water partition coefficient (Wildman–Crippen LogP) is 2.55. The molecule has 0 aromatic carbocycles. The molecule has 4 nitrogen and oxygen atoms in total. The number of aromatic amines is 1. The van der Waals surface area contributed by atoms with E-state index in [1.807, 2.05) is 11.4 Å². The topological polar surface area (TPSA) is 47.0 Å². The van der Waals surface area contributed by atoms with Crippen LogP contribution in [0, 0.1) is 10.7 Å². The van der Waals surface area contributed by atoms with Crippen LogP contribution in [0.15, 0.2) is 16.2 Å². The predicted molar refractivity (Wildman–Crippen MR) is 74.8 cm³/mol. The standard InChI is InChI=1S/C12H14N2O2S2/c15-11-9-3-6-18-10(9)13-12(17)14(11)7-8-1-4-16-5-2-8/h3,6,8H,1-2,4-5,7H2,(H,13,17). The molecule has 1 aliphatic heterocycles. The Morgan fingerprint density at radius 3 is 3.06 bits per heavy atom. The first-order chi connectivity index (χ1) is 8.75. The molecule has 0 aliphatic carbocycles. The van der Waals surface area contributed by atoms with E-state index in [9.17, 15) is 4.79 Å². The van der Waals surface area contributed by atoms with Crippen LogP contribution in [0.25, 0.3) is 10.2 Å². The molecule has 2 aromatic rings. The maximum atomic E-state index is 12.3. The molecular weight excluding hydrogens is 268 g/mol. The Hall–Kier alpha value is -0.980. The van der Waals surface area contributed by atoms with E-state index in [0.29, 0.717) is 17.2 Å². The average Bonchev–Trinajstić information content (AvgIpc) is 2.84. The number of H-pyrrole nitrogens is 1.